The summed E-state index contributed by atoms with van der Waals surface area (Å²) in [6.45, 7) is 4.28. The first-order valence-corrected chi connectivity index (χ1v) is 9.47. The number of amidine groups is 1. The monoisotopic (exact) mass is 372 g/mol. The van der Waals surface area contributed by atoms with E-state index < -0.39 is 0 Å². The molecule has 0 spiro atoms. The molecule has 3 rings (SSSR count). The molecule has 0 saturated heterocycles. The molecule has 0 aliphatic rings. The molecule has 0 saturated carbocycles. The van der Waals surface area contributed by atoms with Crippen LogP contribution in [-0.2, 0) is 4.79 Å². The number of nitrogens with zero attached hydrogens (tertiary/aromatic N) is 1. The Labute approximate surface area is 166 Å². The molecule has 0 radical (unpaired) electrons. The number of carbonyl (C=O) groups excluding carboxylic acids is 1. The normalized spacial score (nSPS) is 12.3. The third-order valence-corrected chi connectivity index (χ3v) is 4.50. The summed E-state index contributed by atoms with van der Waals surface area (Å²) >= 11 is 0. The molecule has 0 aliphatic heterocycles. The van der Waals surface area contributed by atoms with Crippen LogP contribution in [0, 0.1) is 5.92 Å². The van der Waals surface area contributed by atoms with E-state index in [0.717, 1.165) is 22.9 Å². The van der Waals surface area contributed by atoms with E-state index in [-0.39, 0.29) is 11.8 Å². The minimum absolute atomic E-state index is 0.0248. The number of hydrogen-bond acceptors (Lipinski definition) is 1. The van der Waals surface area contributed by atoms with E-state index in [2.05, 4.69) is 17.2 Å². The number of para-hydroxylation sites is 3. The van der Waals surface area contributed by atoms with Crippen molar-refractivity contribution in [2.24, 2.45) is 5.92 Å². The quantitative estimate of drug-likeness (QED) is 0.513. The van der Waals surface area contributed by atoms with Crippen LogP contribution in [0.5, 0.6) is 0 Å². The molecule has 1 unspecified atom stereocenters. The van der Waals surface area contributed by atoms with Crippen molar-refractivity contribution < 1.29 is 9.79 Å². The van der Waals surface area contributed by atoms with Gasteiger partial charge in [0.15, 0.2) is 0 Å². The van der Waals surface area contributed by atoms with Crippen molar-refractivity contribution in [1.29, 1.82) is 0 Å². The zero-order chi connectivity index (χ0) is 19.8. The van der Waals surface area contributed by atoms with Gasteiger partial charge in [-0.3, -0.25) is 4.79 Å². The highest BCUT2D eigenvalue weighted by Crippen LogP contribution is 2.16. The van der Waals surface area contributed by atoms with Gasteiger partial charge in [-0.15, -0.1) is 0 Å². The highest BCUT2D eigenvalue weighted by atomic mass is 16.2. The molecule has 0 bridgehead atoms. The molecule has 1 atom stereocenters. The van der Waals surface area contributed by atoms with Crippen LogP contribution in [-0.4, -0.2) is 18.3 Å². The van der Waals surface area contributed by atoms with E-state index in [1.54, 1.807) is 6.92 Å². The fourth-order valence-corrected chi connectivity index (χ4v) is 3.02. The lowest BCUT2D eigenvalue weighted by Gasteiger charge is -2.24. The van der Waals surface area contributed by atoms with Crippen molar-refractivity contribution in [2.75, 3.05) is 16.8 Å². The molecule has 1 amide bonds. The Hall–Kier alpha value is -3.40. The summed E-state index contributed by atoms with van der Waals surface area (Å²) in [7, 11) is 0. The van der Waals surface area contributed by atoms with Crippen LogP contribution in [0.1, 0.15) is 13.8 Å². The van der Waals surface area contributed by atoms with Crippen molar-refractivity contribution in [2.45, 2.75) is 13.8 Å². The minimum atomic E-state index is 0.0248. The Morgan fingerprint density at radius 1 is 0.893 bits per heavy atom. The maximum atomic E-state index is 12.3. The Bertz CT molecular complexity index is 908. The fraction of sp³-hybridized carbons (Fsp3) is 0.167. The van der Waals surface area contributed by atoms with Gasteiger partial charge >= 0.3 is 0 Å². The van der Waals surface area contributed by atoms with Gasteiger partial charge in [0.2, 0.25) is 5.91 Å². The summed E-state index contributed by atoms with van der Waals surface area (Å²) < 4.78 is 0. The van der Waals surface area contributed by atoms with Gasteiger partial charge in [0.25, 0.3) is 5.84 Å². The van der Waals surface area contributed by atoms with Crippen molar-refractivity contribution >= 4 is 28.8 Å². The van der Waals surface area contributed by atoms with Gasteiger partial charge < -0.3 is 4.90 Å². The van der Waals surface area contributed by atoms with Gasteiger partial charge in [-0.2, -0.15) is 0 Å². The molecule has 0 heterocycles. The SMILES string of the molecule is CC(=O)N(CC(C)C(Nc1ccccc1)=[NH+]c1ccccc1)c1ccccc1. The predicted octanol–water partition coefficient (Wildman–Crippen LogP) is 3.60. The number of hydrogen-bond donors (Lipinski definition) is 2. The molecule has 142 valence electrons. The first kappa shape index (κ1) is 19.4. The Morgan fingerprint density at radius 2 is 1.43 bits per heavy atom. The number of rotatable bonds is 6. The van der Waals surface area contributed by atoms with Crippen LogP contribution in [0.3, 0.4) is 0 Å². The molecule has 3 aromatic rings. The maximum Gasteiger partial charge on any atom is 0.257 e. The standard InChI is InChI=1S/C24H25N3O/c1-19(18-27(20(2)28)23-16-10-5-11-17-23)24(25-21-12-6-3-7-13-21)26-22-14-8-4-9-15-22/h3-17,19H,18H2,1-2H3,(H,25,26)/p+1. The molecular weight excluding hydrogens is 346 g/mol. The fourth-order valence-electron chi connectivity index (χ4n) is 3.02. The van der Waals surface area contributed by atoms with E-state index in [9.17, 15) is 4.79 Å². The Morgan fingerprint density at radius 3 is 2.00 bits per heavy atom. The summed E-state index contributed by atoms with van der Waals surface area (Å²) in [5.41, 5.74) is 2.91. The van der Waals surface area contributed by atoms with E-state index in [4.69, 9.17) is 0 Å². The number of carbonyl (C=O) groups is 1. The predicted molar refractivity (Wildman–Crippen MR) is 116 cm³/mol. The molecule has 4 heteroatoms. The van der Waals surface area contributed by atoms with E-state index >= 15 is 0 Å². The molecule has 0 aromatic heterocycles. The van der Waals surface area contributed by atoms with Crippen molar-refractivity contribution in [3.05, 3.63) is 91.0 Å². The summed E-state index contributed by atoms with van der Waals surface area (Å²) in [6.07, 6.45) is 0. The molecule has 3 aromatic carbocycles. The molecule has 28 heavy (non-hydrogen) atoms. The second-order valence-corrected chi connectivity index (χ2v) is 6.76. The first-order valence-electron chi connectivity index (χ1n) is 9.47. The van der Waals surface area contributed by atoms with Crippen molar-refractivity contribution in [3.8, 4) is 0 Å². The molecule has 0 fully saturated rings. The third kappa shape index (κ3) is 5.30. The molecule has 2 N–H and O–H groups in total. The smallest absolute Gasteiger partial charge is 0.257 e. The molecule has 0 aliphatic carbocycles. The van der Waals surface area contributed by atoms with Gasteiger partial charge in [-0.25, -0.2) is 10.3 Å². The van der Waals surface area contributed by atoms with Gasteiger partial charge in [-0.05, 0) is 43.3 Å². The maximum absolute atomic E-state index is 12.3. The number of anilines is 2. The van der Waals surface area contributed by atoms with Gasteiger partial charge in [0.05, 0.1) is 5.92 Å². The van der Waals surface area contributed by atoms with E-state index in [1.807, 2.05) is 95.9 Å². The highest BCUT2D eigenvalue weighted by molar-refractivity contribution is 5.96. The van der Waals surface area contributed by atoms with Crippen LogP contribution >= 0.6 is 0 Å². The Kier molecular flexibility index (Phi) is 6.58. The lowest BCUT2D eigenvalue weighted by molar-refractivity contribution is -0.357. The van der Waals surface area contributed by atoms with Crippen LogP contribution in [0.15, 0.2) is 91.0 Å². The summed E-state index contributed by atoms with van der Waals surface area (Å²) in [6, 6.07) is 29.9. The average molecular weight is 372 g/mol. The van der Waals surface area contributed by atoms with E-state index in [1.165, 1.54) is 0 Å². The van der Waals surface area contributed by atoms with Crippen LogP contribution in [0.4, 0.5) is 17.1 Å². The van der Waals surface area contributed by atoms with Gasteiger partial charge in [0.1, 0.15) is 11.4 Å². The summed E-state index contributed by atoms with van der Waals surface area (Å²) in [5.74, 6) is 1.03. The van der Waals surface area contributed by atoms with Gasteiger partial charge in [-0.1, -0.05) is 54.6 Å². The zero-order valence-electron chi connectivity index (χ0n) is 16.3. The summed E-state index contributed by atoms with van der Waals surface area (Å²) in [5, 5.41) is 3.49. The lowest BCUT2D eigenvalue weighted by atomic mass is 10.1. The van der Waals surface area contributed by atoms with Crippen LogP contribution < -0.4 is 15.2 Å². The minimum Gasteiger partial charge on any atom is -0.312 e. The molecular formula is C24H26N3O+. The topological polar surface area (TPSA) is 46.3 Å². The lowest BCUT2D eigenvalue weighted by Crippen LogP contribution is -2.71. The van der Waals surface area contributed by atoms with Crippen molar-refractivity contribution in [3.63, 3.8) is 0 Å². The third-order valence-electron chi connectivity index (χ3n) is 4.50. The number of amides is 1. The highest BCUT2D eigenvalue weighted by Gasteiger charge is 2.23. The van der Waals surface area contributed by atoms with Crippen molar-refractivity contribution in [1.82, 2.24) is 0 Å². The zero-order valence-corrected chi connectivity index (χ0v) is 16.3. The molecule has 4 nitrogen and oxygen atoms in total. The Balaban J connectivity index is 1.88. The van der Waals surface area contributed by atoms with E-state index in [0.29, 0.717) is 6.54 Å². The number of nitrogens with one attached hydrogen (secondary N) is 2. The summed E-state index contributed by atoms with van der Waals surface area (Å²) in [4.78, 5) is 17.6. The first-order chi connectivity index (χ1) is 13.6. The van der Waals surface area contributed by atoms with Crippen LogP contribution in [0.25, 0.3) is 0 Å². The van der Waals surface area contributed by atoms with Gasteiger partial charge in [0, 0.05) is 19.2 Å². The van der Waals surface area contributed by atoms with Crippen LogP contribution in [0.2, 0.25) is 0 Å². The number of benzene rings is 3. The second-order valence-electron chi connectivity index (χ2n) is 6.76. The average Bonchev–Trinajstić information content (AvgIpc) is 2.73. The largest absolute Gasteiger partial charge is 0.312 e. The second kappa shape index (κ2) is 9.51.